The van der Waals surface area contributed by atoms with Crippen molar-refractivity contribution in [3.05, 3.63) is 0 Å². The molecule has 0 fully saturated rings. The van der Waals surface area contributed by atoms with E-state index in [0.717, 1.165) is 0 Å². The van der Waals surface area contributed by atoms with Gasteiger partial charge in [0.2, 0.25) is 5.91 Å². The smallest absolute Gasteiger partial charge is 0.303 e. The molecule has 0 aromatic rings. The molecule has 0 saturated carbocycles. The van der Waals surface area contributed by atoms with Gasteiger partial charge in [0.05, 0.1) is 5.92 Å². The lowest BCUT2D eigenvalue weighted by Crippen LogP contribution is -2.39. The number of hydrogen-bond acceptors (Lipinski definition) is 3. The zero-order chi connectivity index (χ0) is 12.7. The van der Waals surface area contributed by atoms with Gasteiger partial charge < -0.3 is 16.2 Å². The highest BCUT2D eigenvalue weighted by Crippen LogP contribution is 2.09. The van der Waals surface area contributed by atoms with Gasteiger partial charge in [-0.1, -0.05) is 20.8 Å². The van der Waals surface area contributed by atoms with Crippen molar-refractivity contribution in [3.8, 4) is 0 Å². The largest absolute Gasteiger partial charge is 0.481 e. The highest BCUT2D eigenvalue weighted by molar-refractivity contribution is 5.79. The molecule has 4 N–H and O–H groups in total. The van der Waals surface area contributed by atoms with Crippen LogP contribution in [0.3, 0.4) is 0 Å². The Bertz CT molecular complexity index is 241. The average molecular weight is 230 g/mol. The highest BCUT2D eigenvalue weighted by atomic mass is 16.4. The number of hydrogen-bond donors (Lipinski definition) is 3. The third kappa shape index (κ3) is 5.70. The molecule has 0 bridgehead atoms. The minimum Gasteiger partial charge on any atom is -0.481 e. The molecule has 0 spiro atoms. The molecule has 0 radical (unpaired) electrons. The van der Waals surface area contributed by atoms with Crippen molar-refractivity contribution < 1.29 is 14.7 Å². The van der Waals surface area contributed by atoms with E-state index in [4.69, 9.17) is 10.8 Å². The predicted octanol–water partition coefficient (Wildman–Crippen LogP) is 0.444. The predicted molar refractivity (Wildman–Crippen MR) is 61.8 cm³/mol. The number of rotatable bonds is 7. The van der Waals surface area contributed by atoms with Gasteiger partial charge in [-0.2, -0.15) is 0 Å². The maximum atomic E-state index is 11.7. The van der Waals surface area contributed by atoms with Crippen LogP contribution >= 0.6 is 0 Å². The quantitative estimate of drug-likeness (QED) is 0.592. The number of carboxylic acid groups (broad SMARTS) is 1. The van der Waals surface area contributed by atoms with Gasteiger partial charge in [0.1, 0.15) is 0 Å². The van der Waals surface area contributed by atoms with Crippen molar-refractivity contribution >= 4 is 11.9 Å². The van der Waals surface area contributed by atoms with Crippen LogP contribution in [-0.4, -0.2) is 30.1 Å². The summed E-state index contributed by atoms with van der Waals surface area (Å²) >= 11 is 0. The molecule has 0 aliphatic heterocycles. The number of amides is 1. The number of carbonyl (C=O) groups is 2. The molecule has 0 saturated heterocycles. The van der Waals surface area contributed by atoms with Gasteiger partial charge in [-0.3, -0.25) is 9.59 Å². The zero-order valence-corrected chi connectivity index (χ0v) is 10.2. The van der Waals surface area contributed by atoms with Crippen molar-refractivity contribution in [2.24, 2.45) is 23.5 Å². The fraction of sp³-hybridized carbons (Fsp3) is 0.818. The minimum atomic E-state index is -0.846. The van der Waals surface area contributed by atoms with Gasteiger partial charge in [0, 0.05) is 19.5 Å². The Balaban J connectivity index is 4.00. The normalized spacial score (nSPS) is 14.6. The first-order chi connectivity index (χ1) is 7.38. The van der Waals surface area contributed by atoms with Gasteiger partial charge in [-0.05, 0) is 11.8 Å². The maximum Gasteiger partial charge on any atom is 0.303 e. The van der Waals surface area contributed by atoms with Crippen LogP contribution in [0.5, 0.6) is 0 Å². The monoisotopic (exact) mass is 230 g/mol. The van der Waals surface area contributed by atoms with Crippen LogP contribution in [0.25, 0.3) is 0 Å². The second-order valence-corrected chi connectivity index (χ2v) is 4.53. The Labute approximate surface area is 96.4 Å². The van der Waals surface area contributed by atoms with Crippen LogP contribution in [0.1, 0.15) is 27.2 Å². The third-order valence-electron chi connectivity index (χ3n) is 2.54. The van der Waals surface area contributed by atoms with Crippen molar-refractivity contribution in [1.29, 1.82) is 0 Å². The molecule has 94 valence electrons. The molecular weight excluding hydrogens is 208 g/mol. The summed E-state index contributed by atoms with van der Waals surface area (Å²) in [6.07, 6.45) is 0.0647. The molecule has 2 unspecified atom stereocenters. The van der Waals surface area contributed by atoms with Gasteiger partial charge in [-0.15, -0.1) is 0 Å². The first-order valence-corrected chi connectivity index (χ1v) is 5.58. The van der Waals surface area contributed by atoms with Crippen LogP contribution in [0, 0.1) is 17.8 Å². The number of aliphatic carboxylic acids is 1. The Morgan fingerprint density at radius 3 is 2.25 bits per heavy atom. The van der Waals surface area contributed by atoms with Crippen LogP contribution in [-0.2, 0) is 9.59 Å². The lowest BCUT2D eigenvalue weighted by Gasteiger charge is -2.19. The summed E-state index contributed by atoms with van der Waals surface area (Å²) < 4.78 is 0. The average Bonchev–Trinajstić information content (AvgIpc) is 2.14. The topological polar surface area (TPSA) is 92.4 Å². The summed E-state index contributed by atoms with van der Waals surface area (Å²) in [6, 6.07) is 0. The van der Waals surface area contributed by atoms with E-state index in [9.17, 15) is 9.59 Å². The van der Waals surface area contributed by atoms with Gasteiger partial charge in [0.25, 0.3) is 0 Å². The third-order valence-corrected chi connectivity index (χ3v) is 2.54. The van der Waals surface area contributed by atoms with E-state index < -0.39 is 5.97 Å². The molecule has 16 heavy (non-hydrogen) atoms. The van der Waals surface area contributed by atoms with Crippen molar-refractivity contribution in [1.82, 2.24) is 5.32 Å². The van der Waals surface area contributed by atoms with Gasteiger partial charge >= 0.3 is 5.97 Å². The van der Waals surface area contributed by atoms with Gasteiger partial charge in [-0.25, -0.2) is 0 Å². The fourth-order valence-electron chi connectivity index (χ4n) is 1.46. The fourth-order valence-corrected chi connectivity index (χ4v) is 1.46. The molecule has 2 atom stereocenters. The molecule has 5 nitrogen and oxygen atoms in total. The van der Waals surface area contributed by atoms with E-state index in [1.54, 1.807) is 6.92 Å². The zero-order valence-electron chi connectivity index (χ0n) is 10.2. The van der Waals surface area contributed by atoms with Crippen LogP contribution in [0.15, 0.2) is 0 Å². The van der Waals surface area contributed by atoms with Crippen LogP contribution in [0.2, 0.25) is 0 Å². The summed E-state index contributed by atoms with van der Waals surface area (Å²) in [5.74, 6) is -1.00. The van der Waals surface area contributed by atoms with Crippen molar-refractivity contribution in [2.45, 2.75) is 27.2 Å². The van der Waals surface area contributed by atoms with E-state index >= 15 is 0 Å². The Morgan fingerprint density at radius 1 is 1.31 bits per heavy atom. The number of carboxylic acids is 1. The molecule has 0 rings (SSSR count). The standard InChI is InChI=1S/C11H22N2O3/c1-7(2)9(5-12)11(16)13-6-8(3)4-10(14)15/h7-9H,4-6,12H2,1-3H3,(H,13,16)(H,14,15). The first-order valence-electron chi connectivity index (χ1n) is 5.58. The van der Waals surface area contributed by atoms with Crippen LogP contribution in [0.4, 0.5) is 0 Å². The summed E-state index contributed by atoms with van der Waals surface area (Å²) in [7, 11) is 0. The molecule has 0 aliphatic carbocycles. The lowest BCUT2D eigenvalue weighted by molar-refractivity contribution is -0.138. The summed E-state index contributed by atoms with van der Waals surface area (Å²) in [5, 5.41) is 11.3. The van der Waals surface area contributed by atoms with Crippen molar-refractivity contribution in [3.63, 3.8) is 0 Å². The van der Waals surface area contributed by atoms with Crippen molar-refractivity contribution in [2.75, 3.05) is 13.1 Å². The van der Waals surface area contributed by atoms with Gasteiger partial charge in [0.15, 0.2) is 0 Å². The number of nitrogens with one attached hydrogen (secondary N) is 1. The maximum absolute atomic E-state index is 11.7. The summed E-state index contributed by atoms with van der Waals surface area (Å²) in [5.41, 5.74) is 5.51. The number of nitrogens with two attached hydrogens (primary N) is 1. The van der Waals surface area contributed by atoms with E-state index in [2.05, 4.69) is 5.32 Å². The second-order valence-electron chi connectivity index (χ2n) is 4.53. The highest BCUT2D eigenvalue weighted by Gasteiger charge is 2.20. The van der Waals surface area contributed by atoms with E-state index in [0.29, 0.717) is 13.1 Å². The molecule has 0 aliphatic rings. The first kappa shape index (κ1) is 14.9. The molecule has 0 aromatic heterocycles. The summed E-state index contributed by atoms with van der Waals surface area (Å²) in [6.45, 7) is 6.38. The number of carbonyl (C=O) groups excluding carboxylic acids is 1. The van der Waals surface area contributed by atoms with E-state index in [-0.39, 0.29) is 30.1 Å². The Hall–Kier alpha value is -1.10. The minimum absolute atomic E-state index is 0.0629. The Morgan fingerprint density at radius 2 is 1.88 bits per heavy atom. The molecule has 0 heterocycles. The second kappa shape index (κ2) is 7.22. The lowest BCUT2D eigenvalue weighted by atomic mass is 9.95. The Kier molecular flexibility index (Phi) is 6.72. The molecule has 5 heteroatoms. The summed E-state index contributed by atoms with van der Waals surface area (Å²) in [4.78, 5) is 22.1. The molecular formula is C11H22N2O3. The molecule has 0 aromatic carbocycles. The molecule has 1 amide bonds. The van der Waals surface area contributed by atoms with Crippen LogP contribution < -0.4 is 11.1 Å². The van der Waals surface area contributed by atoms with E-state index in [1.165, 1.54) is 0 Å². The van der Waals surface area contributed by atoms with E-state index in [1.807, 2.05) is 13.8 Å². The SMILES string of the molecule is CC(CNC(=O)C(CN)C(C)C)CC(=O)O.